The van der Waals surface area contributed by atoms with Gasteiger partial charge in [-0.2, -0.15) is 4.98 Å². The molecule has 33 heavy (non-hydrogen) atoms. The molecule has 4 heterocycles. The normalized spacial score (nSPS) is 19.3. The van der Waals surface area contributed by atoms with Crippen LogP contribution in [0, 0.1) is 19.8 Å². The standard InChI is InChI=1S/C25H34N6O2/c1-17-15-30(20-9-8-18(2)19(3)14-20)24-26-22-21(31(24)16-17)23(32)29(25(33)27(22)4)13-12-28-10-6-5-7-11-28/h8-9,14,17H,5-7,10-13,15-16H2,1-4H3. The molecule has 2 aromatic heterocycles. The van der Waals surface area contributed by atoms with Crippen molar-refractivity contribution in [2.24, 2.45) is 13.0 Å². The summed E-state index contributed by atoms with van der Waals surface area (Å²) in [6.45, 7) is 11.2. The van der Waals surface area contributed by atoms with Gasteiger partial charge < -0.3 is 14.4 Å². The fraction of sp³-hybridized carbons (Fsp3) is 0.560. The van der Waals surface area contributed by atoms with Crippen LogP contribution < -0.4 is 16.1 Å². The first-order valence-electron chi connectivity index (χ1n) is 12.1. The van der Waals surface area contributed by atoms with E-state index in [4.69, 9.17) is 4.98 Å². The monoisotopic (exact) mass is 450 g/mol. The maximum atomic E-state index is 13.6. The van der Waals surface area contributed by atoms with Crippen LogP contribution in [0.2, 0.25) is 0 Å². The smallest absolute Gasteiger partial charge is 0.312 e. The van der Waals surface area contributed by atoms with Gasteiger partial charge in [0.1, 0.15) is 0 Å². The van der Waals surface area contributed by atoms with Gasteiger partial charge in [0.15, 0.2) is 11.2 Å². The van der Waals surface area contributed by atoms with E-state index in [0.29, 0.717) is 30.2 Å². The van der Waals surface area contributed by atoms with Crippen molar-refractivity contribution >= 4 is 22.8 Å². The van der Waals surface area contributed by atoms with Gasteiger partial charge in [0.2, 0.25) is 5.95 Å². The molecule has 1 atom stereocenters. The van der Waals surface area contributed by atoms with Gasteiger partial charge in [0.25, 0.3) is 5.56 Å². The minimum Gasteiger partial charge on any atom is -0.312 e. The number of aromatic nitrogens is 4. The Kier molecular flexibility index (Phi) is 5.64. The predicted molar refractivity (Wildman–Crippen MR) is 132 cm³/mol. The molecule has 1 saturated heterocycles. The first-order chi connectivity index (χ1) is 15.8. The fourth-order valence-corrected chi connectivity index (χ4v) is 5.24. The fourth-order valence-electron chi connectivity index (χ4n) is 5.24. The second kappa shape index (κ2) is 8.48. The van der Waals surface area contributed by atoms with Crippen LogP contribution >= 0.6 is 0 Å². The number of fused-ring (bicyclic) bond motifs is 3. The van der Waals surface area contributed by atoms with Gasteiger partial charge in [-0.15, -0.1) is 0 Å². The van der Waals surface area contributed by atoms with Crippen LogP contribution in [0.15, 0.2) is 27.8 Å². The van der Waals surface area contributed by atoms with Crippen molar-refractivity contribution in [1.82, 2.24) is 23.6 Å². The van der Waals surface area contributed by atoms with Crippen LogP contribution in [-0.4, -0.2) is 49.8 Å². The molecule has 0 amide bonds. The number of anilines is 2. The Morgan fingerprint density at radius 2 is 1.76 bits per heavy atom. The molecule has 0 bridgehead atoms. The van der Waals surface area contributed by atoms with E-state index in [1.807, 2.05) is 4.57 Å². The topological polar surface area (TPSA) is 68.3 Å². The zero-order valence-electron chi connectivity index (χ0n) is 20.2. The molecule has 3 aromatic rings. The molecule has 1 aromatic carbocycles. The van der Waals surface area contributed by atoms with Gasteiger partial charge in [-0.1, -0.05) is 19.4 Å². The summed E-state index contributed by atoms with van der Waals surface area (Å²) >= 11 is 0. The second-order valence-electron chi connectivity index (χ2n) is 9.88. The lowest BCUT2D eigenvalue weighted by Gasteiger charge is -2.33. The summed E-state index contributed by atoms with van der Waals surface area (Å²) in [5.41, 5.74) is 4.03. The highest BCUT2D eigenvalue weighted by atomic mass is 16.2. The third-order valence-electron chi connectivity index (χ3n) is 7.33. The summed E-state index contributed by atoms with van der Waals surface area (Å²) in [4.78, 5) is 36.1. The number of rotatable bonds is 4. The lowest BCUT2D eigenvalue weighted by Crippen LogP contribution is -2.43. The molecule has 0 spiro atoms. The van der Waals surface area contributed by atoms with Crippen molar-refractivity contribution in [2.45, 2.75) is 53.1 Å². The zero-order valence-corrected chi connectivity index (χ0v) is 20.2. The van der Waals surface area contributed by atoms with Crippen LogP contribution in [0.1, 0.15) is 37.3 Å². The molecule has 8 nitrogen and oxygen atoms in total. The highest BCUT2D eigenvalue weighted by molar-refractivity contribution is 5.77. The average Bonchev–Trinajstić information content (AvgIpc) is 3.19. The van der Waals surface area contributed by atoms with Gasteiger partial charge in [-0.3, -0.25) is 13.9 Å². The number of imidazole rings is 1. The van der Waals surface area contributed by atoms with Gasteiger partial charge >= 0.3 is 5.69 Å². The van der Waals surface area contributed by atoms with Crippen LogP contribution in [0.25, 0.3) is 11.2 Å². The first kappa shape index (κ1) is 21.9. The van der Waals surface area contributed by atoms with E-state index in [9.17, 15) is 9.59 Å². The zero-order chi connectivity index (χ0) is 23.3. The average molecular weight is 451 g/mol. The van der Waals surface area contributed by atoms with E-state index in [1.165, 1.54) is 35.0 Å². The predicted octanol–water partition coefficient (Wildman–Crippen LogP) is 2.79. The lowest BCUT2D eigenvalue weighted by atomic mass is 10.1. The number of benzene rings is 1. The highest BCUT2D eigenvalue weighted by Crippen LogP contribution is 2.33. The summed E-state index contributed by atoms with van der Waals surface area (Å²) in [5.74, 6) is 1.09. The number of hydrogen-bond acceptors (Lipinski definition) is 5. The molecular formula is C25H34N6O2. The van der Waals surface area contributed by atoms with E-state index in [-0.39, 0.29) is 11.2 Å². The number of aryl methyl sites for hydroxylation is 3. The maximum absolute atomic E-state index is 13.6. The summed E-state index contributed by atoms with van der Waals surface area (Å²) in [6.07, 6.45) is 3.64. The van der Waals surface area contributed by atoms with Crippen molar-refractivity contribution in [2.75, 3.05) is 31.1 Å². The minimum atomic E-state index is -0.286. The Bertz CT molecular complexity index is 1310. The molecule has 1 unspecified atom stereocenters. The van der Waals surface area contributed by atoms with Crippen molar-refractivity contribution in [3.63, 3.8) is 0 Å². The molecule has 2 aliphatic rings. The van der Waals surface area contributed by atoms with Crippen LogP contribution in [0.5, 0.6) is 0 Å². The number of piperidine rings is 1. The van der Waals surface area contributed by atoms with Gasteiger partial charge in [-0.05, 0) is 69.0 Å². The summed E-state index contributed by atoms with van der Waals surface area (Å²) in [6, 6.07) is 6.41. The maximum Gasteiger partial charge on any atom is 0.332 e. The highest BCUT2D eigenvalue weighted by Gasteiger charge is 2.30. The van der Waals surface area contributed by atoms with Crippen LogP contribution in [0.3, 0.4) is 0 Å². The molecule has 1 fully saturated rings. The van der Waals surface area contributed by atoms with E-state index in [1.54, 1.807) is 11.6 Å². The third-order valence-corrected chi connectivity index (χ3v) is 7.33. The SMILES string of the molecule is Cc1ccc(N2CC(C)Cn3c2nc2c3c(=O)n(CCN3CCCCC3)c(=O)n2C)cc1C. The van der Waals surface area contributed by atoms with Crippen molar-refractivity contribution in [1.29, 1.82) is 0 Å². The number of likely N-dealkylation sites (tertiary alicyclic amines) is 1. The Balaban J connectivity index is 1.61. The van der Waals surface area contributed by atoms with Crippen molar-refractivity contribution in [3.05, 3.63) is 50.2 Å². The molecule has 176 valence electrons. The van der Waals surface area contributed by atoms with E-state index >= 15 is 0 Å². The van der Waals surface area contributed by atoms with Crippen molar-refractivity contribution in [3.8, 4) is 0 Å². The van der Waals surface area contributed by atoms with Crippen molar-refractivity contribution < 1.29 is 0 Å². The first-order valence-corrected chi connectivity index (χ1v) is 12.1. The van der Waals surface area contributed by atoms with Gasteiger partial charge in [0, 0.05) is 38.9 Å². The van der Waals surface area contributed by atoms with Crippen LogP contribution in [0.4, 0.5) is 11.6 Å². The Labute approximate surface area is 194 Å². The third kappa shape index (κ3) is 3.80. The second-order valence-corrected chi connectivity index (χ2v) is 9.88. The summed E-state index contributed by atoms with van der Waals surface area (Å²) in [7, 11) is 1.73. The molecule has 8 heteroatoms. The minimum absolute atomic E-state index is 0.224. The lowest BCUT2D eigenvalue weighted by molar-refractivity contribution is 0.218. The summed E-state index contributed by atoms with van der Waals surface area (Å²) < 4.78 is 4.98. The van der Waals surface area contributed by atoms with Gasteiger partial charge in [-0.25, -0.2) is 4.79 Å². The Hall–Kier alpha value is -2.87. The van der Waals surface area contributed by atoms with Crippen LogP contribution in [-0.2, 0) is 20.1 Å². The molecular weight excluding hydrogens is 416 g/mol. The van der Waals surface area contributed by atoms with Gasteiger partial charge in [0.05, 0.1) is 0 Å². The van der Waals surface area contributed by atoms with E-state index < -0.39 is 0 Å². The Morgan fingerprint density at radius 3 is 2.48 bits per heavy atom. The Morgan fingerprint density at radius 1 is 1.00 bits per heavy atom. The summed E-state index contributed by atoms with van der Waals surface area (Å²) in [5, 5.41) is 0. The molecule has 2 aliphatic heterocycles. The largest absolute Gasteiger partial charge is 0.332 e. The molecule has 0 radical (unpaired) electrons. The molecule has 0 aliphatic carbocycles. The van der Waals surface area contributed by atoms with E-state index in [0.717, 1.165) is 37.8 Å². The molecule has 0 saturated carbocycles. The molecule has 5 rings (SSSR count). The number of hydrogen-bond donors (Lipinski definition) is 0. The molecule has 0 N–H and O–H groups in total. The quantitative estimate of drug-likeness (QED) is 0.612. The van der Waals surface area contributed by atoms with E-state index in [2.05, 4.69) is 48.8 Å². The number of nitrogens with zero attached hydrogens (tertiary/aromatic N) is 6.